The first kappa shape index (κ1) is 14.1. The molecular weight excluding hydrogens is 248 g/mol. The molecule has 0 amide bonds. The third kappa shape index (κ3) is 2.19. The van der Waals surface area contributed by atoms with Crippen molar-refractivity contribution in [3.63, 3.8) is 0 Å². The van der Waals surface area contributed by atoms with Crippen LogP contribution in [0.2, 0.25) is 0 Å². The van der Waals surface area contributed by atoms with Gasteiger partial charge in [-0.3, -0.25) is 0 Å². The van der Waals surface area contributed by atoms with Crippen molar-refractivity contribution in [1.82, 2.24) is 0 Å². The molecule has 2 fully saturated rings. The second-order valence-corrected chi connectivity index (χ2v) is 6.90. The van der Waals surface area contributed by atoms with Crippen LogP contribution in [-0.2, 0) is 10.3 Å². The SMILES string of the molecule is CC(C)CC[C@](O)(c1ccccc1)[C@@]12CCCC[C@@H]1O2. The standard InChI is InChI=1S/C18H26O2/c1-14(2)11-13-17(19,15-8-4-3-5-9-15)18-12-7-6-10-16(18)20-18/h3-5,8-9,14,16,19H,6-7,10-13H2,1-2H3/t16-,17-,18+/m0/s1. The molecule has 1 N–H and O–H groups in total. The molecule has 1 aliphatic heterocycles. The molecule has 3 rings (SSSR count). The summed E-state index contributed by atoms with van der Waals surface area (Å²) in [5.41, 5.74) is -0.0875. The third-order valence-corrected chi connectivity index (χ3v) is 5.11. The Kier molecular flexibility index (Phi) is 3.64. The summed E-state index contributed by atoms with van der Waals surface area (Å²) in [5, 5.41) is 11.5. The van der Waals surface area contributed by atoms with Crippen LogP contribution in [0.3, 0.4) is 0 Å². The van der Waals surface area contributed by atoms with Crippen molar-refractivity contribution in [2.24, 2.45) is 5.92 Å². The Labute approximate surface area is 122 Å². The van der Waals surface area contributed by atoms with E-state index in [1.54, 1.807) is 0 Å². The second-order valence-electron chi connectivity index (χ2n) is 6.90. The quantitative estimate of drug-likeness (QED) is 0.822. The highest BCUT2D eigenvalue weighted by Gasteiger charge is 2.68. The molecule has 1 saturated carbocycles. The maximum absolute atomic E-state index is 11.5. The van der Waals surface area contributed by atoms with Gasteiger partial charge in [-0.2, -0.15) is 0 Å². The van der Waals surface area contributed by atoms with E-state index >= 15 is 0 Å². The molecule has 1 saturated heterocycles. The van der Waals surface area contributed by atoms with E-state index in [9.17, 15) is 5.11 Å². The lowest BCUT2D eigenvalue weighted by Crippen LogP contribution is -2.45. The lowest BCUT2D eigenvalue weighted by atomic mass is 9.70. The van der Waals surface area contributed by atoms with E-state index in [0.29, 0.717) is 5.92 Å². The molecule has 0 unspecified atom stereocenters. The molecule has 0 spiro atoms. The van der Waals surface area contributed by atoms with Crippen molar-refractivity contribution in [3.05, 3.63) is 35.9 Å². The van der Waals surface area contributed by atoms with E-state index in [1.807, 2.05) is 18.2 Å². The van der Waals surface area contributed by atoms with Gasteiger partial charge in [-0.25, -0.2) is 0 Å². The Hall–Kier alpha value is -0.860. The zero-order chi connectivity index (χ0) is 14.2. The molecular formula is C18H26O2. The Balaban J connectivity index is 1.92. The van der Waals surface area contributed by atoms with Gasteiger partial charge in [-0.05, 0) is 37.2 Å². The van der Waals surface area contributed by atoms with Crippen molar-refractivity contribution < 1.29 is 9.84 Å². The van der Waals surface area contributed by atoms with E-state index in [2.05, 4.69) is 26.0 Å². The first-order valence-corrected chi connectivity index (χ1v) is 8.04. The van der Waals surface area contributed by atoms with Crippen LogP contribution in [-0.4, -0.2) is 16.8 Å². The van der Waals surface area contributed by atoms with Gasteiger partial charge in [0, 0.05) is 0 Å². The van der Waals surface area contributed by atoms with E-state index in [4.69, 9.17) is 4.74 Å². The molecule has 2 aliphatic rings. The Morgan fingerprint density at radius 1 is 1.30 bits per heavy atom. The lowest BCUT2D eigenvalue weighted by Gasteiger charge is -2.37. The first-order valence-electron chi connectivity index (χ1n) is 8.04. The molecule has 20 heavy (non-hydrogen) atoms. The summed E-state index contributed by atoms with van der Waals surface area (Å²) in [6.07, 6.45) is 6.62. The van der Waals surface area contributed by atoms with Gasteiger partial charge in [-0.1, -0.05) is 57.0 Å². The molecule has 1 aromatic rings. The molecule has 2 heteroatoms. The summed E-state index contributed by atoms with van der Waals surface area (Å²) >= 11 is 0. The van der Waals surface area contributed by atoms with Crippen LogP contribution in [0.1, 0.15) is 57.9 Å². The van der Waals surface area contributed by atoms with Crippen LogP contribution in [0.15, 0.2) is 30.3 Å². The molecule has 1 aromatic carbocycles. The van der Waals surface area contributed by atoms with Crippen LogP contribution >= 0.6 is 0 Å². The molecule has 1 aliphatic carbocycles. The van der Waals surface area contributed by atoms with E-state index in [1.165, 1.54) is 12.8 Å². The zero-order valence-electron chi connectivity index (χ0n) is 12.6. The van der Waals surface area contributed by atoms with Gasteiger partial charge >= 0.3 is 0 Å². The number of benzene rings is 1. The van der Waals surface area contributed by atoms with Crippen molar-refractivity contribution in [3.8, 4) is 0 Å². The number of epoxide rings is 1. The predicted molar refractivity (Wildman–Crippen MR) is 80.5 cm³/mol. The van der Waals surface area contributed by atoms with Crippen molar-refractivity contribution in [1.29, 1.82) is 0 Å². The lowest BCUT2D eigenvalue weighted by molar-refractivity contribution is -0.0599. The molecule has 0 bridgehead atoms. The van der Waals surface area contributed by atoms with Crippen molar-refractivity contribution in [2.45, 2.75) is 69.7 Å². The van der Waals surface area contributed by atoms with Crippen LogP contribution < -0.4 is 0 Å². The molecule has 2 nitrogen and oxygen atoms in total. The van der Waals surface area contributed by atoms with Gasteiger partial charge in [0.25, 0.3) is 0 Å². The fourth-order valence-corrected chi connectivity index (χ4v) is 3.83. The Morgan fingerprint density at radius 3 is 2.70 bits per heavy atom. The van der Waals surface area contributed by atoms with Crippen molar-refractivity contribution >= 4 is 0 Å². The minimum atomic E-state index is -0.816. The molecule has 0 radical (unpaired) electrons. The predicted octanol–water partition coefficient (Wildman–Crippen LogP) is 4.02. The average molecular weight is 274 g/mol. The minimum Gasteiger partial charge on any atom is -0.382 e. The summed E-state index contributed by atoms with van der Waals surface area (Å²) in [5.74, 6) is 0.599. The van der Waals surface area contributed by atoms with E-state index in [-0.39, 0.29) is 11.7 Å². The third-order valence-electron chi connectivity index (χ3n) is 5.11. The van der Waals surface area contributed by atoms with Crippen LogP contribution in [0.4, 0.5) is 0 Å². The maximum Gasteiger partial charge on any atom is 0.127 e. The summed E-state index contributed by atoms with van der Waals surface area (Å²) < 4.78 is 6.07. The second kappa shape index (κ2) is 5.16. The maximum atomic E-state index is 11.5. The monoisotopic (exact) mass is 274 g/mol. The number of fused-ring (bicyclic) bond motifs is 1. The average Bonchev–Trinajstić information content (AvgIpc) is 3.22. The Bertz CT molecular complexity index is 456. The van der Waals surface area contributed by atoms with Crippen LogP contribution in [0, 0.1) is 5.92 Å². The van der Waals surface area contributed by atoms with Gasteiger partial charge in [0.15, 0.2) is 0 Å². The van der Waals surface area contributed by atoms with Crippen LogP contribution in [0.25, 0.3) is 0 Å². The summed E-state index contributed by atoms with van der Waals surface area (Å²) in [4.78, 5) is 0. The number of hydrogen-bond acceptors (Lipinski definition) is 2. The number of ether oxygens (including phenoxy) is 1. The highest BCUT2D eigenvalue weighted by molar-refractivity contribution is 5.31. The summed E-state index contributed by atoms with van der Waals surface area (Å²) in [6, 6.07) is 10.2. The van der Waals surface area contributed by atoms with Gasteiger partial charge in [0.2, 0.25) is 0 Å². The topological polar surface area (TPSA) is 32.8 Å². The van der Waals surface area contributed by atoms with Gasteiger partial charge in [0.05, 0.1) is 6.10 Å². The number of rotatable bonds is 5. The van der Waals surface area contributed by atoms with Gasteiger partial charge in [-0.15, -0.1) is 0 Å². The van der Waals surface area contributed by atoms with Crippen LogP contribution in [0.5, 0.6) is 0 Å². The molecule has 1 heterocycles. The number of hydrogen-bond donors (Lipinski definition) is 1. The summed E-state index contributed by atoms with van der Waals surface area (Å²) in [7, 11) is 0. The zero-order valence-corrected chi connectivity index (χ0v) is 12.6. The van der Waals surface area contributed by atoms with Gasteiger partial charge < -0.3 is 9.84 Å². The normalized spacial score (nSPS) is 31.7. The summed E-state index contributed by atoms with van der Waals surface area (Å²) in [6.45, 7) is 4.43. The highest BCUT2D eigenvalue weighted by atomic mass is 16.6. The van der Waals surface area contributed by atoms with E-state index < -0.39 is 5.60 Å². The van der Waals surface area contributed by atoms with Crippen molar-refractivity contribution in [2.75, 3.05) is 0 Å². The fourth-order valence-electron chi connectivity index (χ4n) is 3.83. The molecule has 3 atom stereocenters. The minimum absolute atomic E-state index is 0.272. The first-order chi connectivity index (χ1) is 9.58. The van der Waals surface area contributed by atoms with Gasteiger partial charge in [0.1, 0.15) is 11.2 Å². The molecule has 110 valence electrons. The molecule has 0 aromatic heterocycles. The van der Waals surface area contributed by atoms with E-state index in [0.717, 1.165) is 31.2 Å². The largest absolute Gasteiger partial charge is 0.382 e. The number of aliphatic hydroxyl groups is 1. The fraction of sp³-hybridized carbons (Fsp3) is 0.667. The highest BCUT2D eigenvalue weighted by Crippen LogP contribution is 2.59. The Morgan fingerprint density at radius 2 is 2.05 bits per heavy atom. The smallest absolute Gasteiger partial charge is 0.127 e.